The zero-order valence-electron chi connectivity index (χ0n) is 5.86. The molecule has 0 bridgehead atoms. The number of sulfonamides is 1. The quantitative estimate of drug-likeness (QED) is 0.631. The van der Waals surface area contributed by atoms with E-state index in [4.69, 9.17) is 5.21 Å². The Morgan fingerprint density at radius 2 is 1.92 bits per heavy atom. The Hall–Kier alpha value is -0.180. The molecular formula is C6H6INO3S. The van der Waals surface area contributed by atoms with Crippen LogP contribution in [0.15, 0.2) is 29.2 Å². The Bertz CT molecular complexity index is 376. The highest BCUT2D eigenvalue weighted by atomic mass is 127. The van der Waals surface area contributed by atoms with Crippen LogP contribution in [0.25, 0.3) is 0 Å². The fourth-order valence-electron chi connectivity index (χ4n) is 0.712. The normalized spacial score (nSPS) is 11.5. The van der Waals surface area contributed by atoms with Crippen LogP contribution in [0.2, 0.25) is 0 Å². The molecule has 0 saturated heterocycles. The van der Waals surface area contributed by atoms with Crippen molar-refractivity contribution in [2.24, 2.45) is 0 Å². The molecule has 1 aromatic carbocycles. The van der Waals surface area contributed by atoms with Crippen molar-refractivity contribution in [2.45, 2.75) is 4.90 Å². The molecule has 6 heteroatoms. The van der Waals surface area contributed by atoms with E-state index < -0.39 is 10.0 Å². The molecular weight excluding hydrogens is 293 g/mol. The number of halogens is 1. The highest BCUT2D eigenvalue weighted by Crippen LogP contribution is 2.16. The first-order chi connectivity index (χ1) is 5.58. The number of nitrogens with one attached hydrogen (secondary N) is 1. The van der Waals surface area contributed by atoms with E-state index in [2.05, 4.69) is 0 Å². The number of hydrogen-bond donors (Lipinski definition) is 2. The molecule has 0 aliphatic carbocycles. The maximum atomic E-state index is 11.1. The third kappa shape index (κ3) is 1.94. The second-order valence-electron chi connectivity index (χ2n) is 2.03. The molecule has 0 fully saturated rings. The molecule has 0 amide bonds. The number of rotatable bonds is 2. The van der Waals surface area contributed by atoms with E-state index in [1.807, 2.05) is 22.6 Å². The molecule has 0 heterocycles. The van der Waals surface area contributed by atoms with Crippen LogP contribution >= 0.6 is 22.6 Å². The van der Waals surface area contributed by atoms with Gasteiger partial charge in [-0.1, -0.05) is 17.0 Å². The molecule has 0 aliphatic heterocycles. The van der Waals surface area contributed by atoms with Crippen molar-refractivity contribution in [1.29, 1.82) is 0 Å². The Balaban J connectivity index is 3.30. The lowest BCUT2D eigenvalue weighted by Gasteiger charge is -2.02. The van der Waals surface area contributed by atoms with Crippen LogP contribution < -0.4 is 4.89 Å². The smallest absolute Gasteiger partial charge is 0.263 e. The van der Waals surface area contributed by atoms with Gasteiger partial charge in [0.25, 0.3) is 10.0 Å². The van der Waals surface area contributed by atoms with Crippen molar-refractivity contribution in [3.05, 3.63) is 27.8 Å². The Morgan fingerprint density at radius 1 is 1.33 bits per heavy atom. The molecule has 0 saturated carbocycles. The van der Waals surface area contributed by atoms with Gasteiger partial charge in [-0.3, -0.25) is 0 Å². The fourth-order valence-corrected chi connectivity index (χ4v) is 2.65. The average molecular weight is 299 g/mol. The van der Waals surface area contributed by atoms with Gasteiger partial charge < -0.3 is 5.21 Å². The van der Waals surface area contributed by atoms with Gasteiger partial charge in [-0.05, 0) is 34.7 Å². The molecule has 1 aromatic rings. The summed E-state index contributed by atoms with van der Waals surface area (Å²) in [5.41, 5.74) is 0. The van der Waals surface area contributed by atoms with Gasteiger partial charge in [-0.15, -0.1) is 0 Å². The van der Waals surface area contributed by atoms with Crippen molar-refractivity contribution in [3.63, 3.8) is 0 Å². The van der Waals surface area contributed by atoms with E-state index in [1.54, 1.807) is 18.2 Å². The molecule has 0 atom stereocenters. The standard InChI is InChI=1S/C6H6INO3S/c7-5-3-1-2-4-6(5)12(10,11)8-9/h1-4,8-9H. The second-order valence-corrected chi connectivity index (χ2v) is 4.82. The summed E-state index contributed by atoms with van der Waals surface area (Å²) in [6.45, 7) is 0. The van der Waals surface area contributed by atoms with Gasteiger partial charge >= 0.3 is 0 Å². The molecule has 1 rings (SSSR count). The van der Waals surface area contributed by atoms with Gasteiger partial charge in [0.1, 0.15) is 0 Å². The molecule has 2 N–H and O–H groups in total. The SMILES string of the molecule is O=S(=O)(NO)c1ccccc1I. The first-order valence-corrected chi connectivity index (χ1v) is 5.54. The summed E-state index contributed by atoms with van der Waals surface area (Å²) >= 11 is 1.88. The van der Waals surface area contributed by atoms with Gasteiger partial charge in [-0.25, -0.2) is 8.42 Å². The van der Waals surface area contributed by atoms with Gasteiger partial charge in [-0.2, -0.15) is 0 Å². The summed E-state index contributed by atoms with van der Waals surface area (Å²) in [5, 5.41) is 8.33. The summed E-state index contributed by atoms with van der Waals surface area (Å²) in [6.07, 6.45) is 0. The minimum Gasteiger partial charge on any atom is -0.302 e. The fraction of sp³-hybridized carbons (Fsp3) is 0. The third-order valence-electron chi connectivity index (χ3n) is 1.25. The molecule has 4 nitrogen and oxygen atoms in total. The van der Waals surface area contributed by atoms with E-state index in [0.717, 1.165) is 0 Å². The molecule has 0 unspecified atom stereocenters. The molecule has 0 spiro atoms. The minimum atomic E-state index is -3.73. The first kappa shape index (κ1) is 9.90. The van der Waals surface area contributed by atoms with E-state index in [1.165, 1.54) is 11.0 Å². The molecule has 0 radical (unpaired) electrons. The highest BCUT2D eigenvalue weighted by molar-refractivity contribution is 14.1. The van der Waals surface area contributed by atoms with Gasteiger partial charge in [0, 0.05) is 3.57 Å². The third-order valence-corrected chi connectivity index (χ3v) is 3.73. The van der Waals surface area contributed by atoms with Crippen LogP contribution in [-0.2, 0) is 10.0 Å². The predicted octanol–water partition coefficient (Wildman–Crippen LogP) is 0.959. The van der Waals surface area contributed by atoms with E-state index >= 15 is 0 Å². The van der Waals surface area contributed by atoms with Crippen molar-refractivity contribution < 1.29 is 13.6 Å². The lowest BCUT2D eigenvalue weighted by molar-refractivity contribution is 0.242. The van der Waals surface area contributed by atoms with Crippen molar-refractivity contribution in [2.75, 3.05) is 0 Å². The van der Waals surface area contributed by atoms with Crippen molar-refractivity contribution in [1.82, 2.24) is 4.89 Å². The molecule has 0 aliphatic rings. The number of hydrogen-bond acceptors (Lipinski definition) is 3. The first-order valence-electron chi connectivity index (χ1n) is 2.98. The molecule has 12 heavy (non-hydrogen) atoms. The Kier molecular flexibility index (Phi) is 3.04. The second kappa shape index (κ2) is 3.69. The van der Waals surface area contributed by atoms with Crippen LogP contribution in [0.1, 0.15) is 0 Å². The van der Waals surface area contributed by atoms with Crippen LogP contribution in [0.4, 0.5) is 0 Å². The van der Waals surface area contributed by atoms with Gasteiger partial charge in [0.2, 0.25) is 0 Å². The average Bonchev–Trinajstić information content (AvgIpc) is 2.05. The molecule has 66 valence electrons. The lowest BCUT2D eigenvalue weighted by Crippen LogP contribution is -2.20. The maximum absolute atomic E-state index is 11.1. The Labute approximate surface area is 83.8 Å². The monoisotopic (exact) mass is 299 g/mol. The van der Waals surface area contributed by atoms with Crippen molar-refractivity contribution in [3.8, 4) is 0 Å². The zero-order chi connectivity index (χ0) is 9.19. The molecule has 0 aromatic heterocycles. The lowest BCUT2D eigenvalue weighted by atomic mass is 10.4. The van der Waals surface area contributed by atoms with E-state index in [9.17, 15) is 8.42 Å². The summed E-state index contributed by atoms with van der Waals surface area (Å²) in [6, 6.07) is 6.37. The number of benzene rings is 1. The topological polar surface area (TPSA) is 66.4 Å². The minimum absolute atomic E-state index is 0.0769. The van der Waals surface area contributed by atoms with Crippen LogP contribution in [-0.4, -0.2) is 13.6 Å². The zero-order valence-corrected chi connectivity index (χ0v) is 8.83. The van der Waals surface area contributed by atoms with Crippen LogP contribution in [0.3, 0.4) is 0 Å². The van der Waals surface area contributed by atoms with Gasteiger partial charge in [0.05, 0.1) is 4.90 Å². The van der Waals surface area contributed by atoms with Crippen LogP contribution in [0.5, 0.6) is 0 Å². The maximum Gasteiger partial charge on any atom is 0.263 e. The largest absolute Gasteiger partial charge is 0.302 e. The summed E-state index contributed by atoms with van der Waals surface area (Å²) in [7, 11) is -3.73. The van der Waals surface area contributed by atoms with E-state index in [0.29, 0.717) is 3.57 Å². The summed E-state index contributed by atoms with van der Waals surface area (Å²) in [4.78, 5) is 1.34. The summed E-state index contributed by atoms with van der Waals surface area (Å²) in [5.74, 6) is 0. The highest BCUT2D eigenvalue weighted by Gasteiger charge is 2.14. The van der Waals surface area contributed by atoms with Crippen LogP contribution in [0, 0.1) is 3.57 Å². The predicted molar refractivity (Wildman–Crippen MR) is 51.3 cm³/mol. The van der Waals surface area contributed by atoms with Gasteiger partial charge in [0.15, 0.2) is 0 Å². The van der Waals surface area contributed by atoms with E-state index in [-0.39, 0.29) is 4.90 Å². The van der Waals surface area contributed by atoms with Crippen molar-refractivity contribution >= 4 is 32.6 Å². The Morgan fingerprint density at radius 3 is 2.42 bits per heavy atom. The summed E-state index contributed by atoms with van der Waals surface area (Å²) < 4.78 is 22.7.